The van der Waals surface area contributed by atoms with Crippen molar-refractivity contribution in [2.24, 2.45) is 7.05 Å². The van der Waals surface area contributed by atoms with Gasteiger partial charge in [0.2, 0.25) is 5.88 Å². The van der Waals surface area contributed by atoms with E-state index < -0.39 is 0 Å². The van der Waals surface area contributed by atoms with Crippen LogP contribution in [-0.2, 0) is 16.6 Å². The number of aryl methyl sites for hydroxylation is 1. The van der Waals surface area contributed by atoms with E-state index in [2.05, 4.69) is 10.4 Å². The van der Waals surface area contributed by atoms with Crippen LogP contribution >= 0.6 is 0 Å². The van der Waals surface area contributed by atoms with Crippen LogP contribution in [0.25, 0.3) is 10.9 Å². The number of amides is 1. The molecule has 1 aliphatic heterocycles. The molecule has 0 bridgehead atoms. The molecular weight excluding hydrogens is 270 g/mol. The lowest BCUT2D eigenvalue weighted by molar-refractivity contribution is -0.124. The minimum atomic E-state index is -0.332. The van der Waals surface area contributed by atoms with Crippen molar-refractivity contribution >= 4 is 22.5 Å². The Kier molecular flexibility index (Phi) is 3.79. The van der Waals surface area contributed by atoms with Crippen LogP contribution in [0.1, 0.15) is 19.8 Å². The smallest absolute Gasteiger partial charge is 0.253 e. The number of rotatable bonds is 4. The molecule has 21 heavy (non-hydrogen) atoms. The summed E-state index contributed by atoms with van der Waals surface area (Å²) in [4.78, 5) is 12.1. The van der Waals surface area contributed by atoms with Crippen molar-refractivity contribution in [2.45, 2.75) is 25.9 Å². The second kappa shape index (κ2) is 5.73. The zero-order valence-corrected chi connectivity index (χ0v) is 12.3. The summed E-state index contributed by atoms with van der Waals surface area (Å²) < 4.78 is 12.7. The van der Waals surface area contributed by atoms with Gasteiger partial charge in [0.1, 0.15) is 6.10 Å². The fraction of sp³-hybridized carbons (Fsp3) is 0.467. The molecule has 1 N–H and O–H groups in total. The first-order valence-corrected chi connectivity index (χ1v) is 7.21. The highest BCUT2D eigenvalue weighted by Crippen LogP contribution is 2.27. The molecule has 6 nitrogen and oxygen atoms in total. The van der Waals surface area contributed by atoms with Crippen molar-refractivity contribution in [1.29, 1.82) is 0 Å². The van der Waals surface area contributed by atoms with Gasteiger partial charge in [0, 0.05) is 19.3 Å². The average molecular weight is 289 g/mol. The third-order valence-electron chi connectivity index (χ3n) is 3.59. The molecular formula is C15H19N3O3. The van der Waals surface area contributed by atoms with Crippen LogP contribution in [0, 0.1) is 0 Å². The molecule has 1 saturated heterocycles. The van der Waals surface area contributed by atoms with E-state index >= 15 is 0 Å². The summed E-state index contributed by atoms with van der Waals surface area (Å²) in [5.41, 5.74) is 1.70. The van der Waals surface area contributed by atoms with E-state index in [9.17, 15) is 4.79 Å². The van der Waals surface area contributed by atoms with Crippen LogP contribution in [0.15, 0.2) is 18.2 Å². The summed E-state index contributed by atoms with van der Waals surface area (Å²) in [5.74, 6) is 0.497. The second-order valence-electron chi connectivity index (χ2n) is 5.08. The molecule has 6 heteroatoms. The molecule has 1 aromatic carbocycles. The number of nitrogens with one attached hydrogen (secondary N) is 1. The van der Waals surface area contributed by atoms with E-state index in [-0.39, 0.29) is 12.0 Å². The maximum Gasteiger partial charge on any atom is 0.253 e. The molecule has 3 rings (SSSR count). The SMILES string of the molecule is CCOc1nn(C)c2ccc(NC(=O)[C@H]3CCCO3)cc12. The first-order valence-electron chi connectivity index (χ1n) is 7.21. The Morgan fingerprint density at radius 3 is 3.14 bits per heavy atom. The summed E-state index contributed by atoms with van der Waals surface area (Å²) >= 11 is 0. The van der Waals surface area contributed by atoms with E-state index in [1.165, 1.54) is 0 Å². The van der Waals surface area contributed by atoms with E-state index in [0.29, 0.717) is 19.1 Å². The normalized spacial score (nSPS) is 18.1. The first kappa shape index (κ1) is 13.9. The highest BCUT2D eigenvalue weighted by molar-refractivity contribution is 5.97. The van der Waals surface area contributed by atoms with Crippen LogP contribution < -0.4 is 10.1 Å². The number of benzene rings is 1. The Labute approximate surface area is 123 Å². The molecule has 112 valence electrons. The fourth-order valence-electron chi connectivity index (χ4n) is 2.56. The zero-order valence-electron chi connectivity index (χ0n) is 12.3. The highest BCUT2D eigenvalue weighted by Gasteiger charge is 2.23. The van der Waals surface area contributed by atoms with Crippen LogP contribution in [-0.4, -0.2) is 35.0 Å². The van der Waals surface area contributed by atoms with Crippen molar-refractivity contribution in [3.8, 4) is 5.88 Å². The number of ether oxygens (including phenoxy) is 2. The minimum Gasteiger partial charge on any atom is -0.476 e. The van der Waals surface area contributed by atoms with E-state index in [4.69, 9.17) is 9.47 Å². The number of hydrogen-bond acceptors (Lipinski definition) is 4. The molecule has 0 radical (unpaired) electrons. The largest absolute Gasteiger partial charge is 0.476 e. The molecule has 0 aliphatic carbocycles. The second-order valence-corrected chi connectivity index (χ2v) is 5.08. The van der Waals surface area contributed by atoms with Gasteiger partial charge in [0.05, 0.1) is 17.5 Å². The van der Waals surface area contributed by atoms with Gasteiger partial charge in [-0.25, -0.2) is 0 Å². The van der Waals surface area contributed by atoms with E-state index in [0.717, 1.165) is 29.4 Å². The molecule has 1 aromatic heterocycles. The van der Waals surface area contributed by atoms with Gasteiger partial charge in [-0.1, -0.05) is 0 Å². The van der Waals surface area contributed by atoms with Crippen molar-refractivity contribution in [3.63, 3.8) is 0 Å². The first-order chi connectivity index (χ1) is 10.2. The van der Waals surface area contributed by atoms with Crippen LogP contribution in [0.3, 0.4) is 0 Å². The quantitative estimate of drug-likeness (QED) is 0.936. The molecule has 1 amide bonds. The molecule has 0 saturated carbocycles. The Hall–Kier alpha value is -2.08. The number of aromatic nitrogens is 2. The minimum absolute atomic E-state index is 0.0892. The maximum atomic E-state index is 12.1. The summed E-state index contributed by atoms with van der Waals surface area (Å²) in [5, 5.41) is 8.13. The predicted octanol–water partition coefficient (Wildman–Crippen LogP) is 2.09. The van der Waals surface area contributed by atoms with E-state index in [1.807, 2.05) is 32.2 Å². The number of anilines is 1. The lowest BCUT2D eigenvalue weighted by Gasteiger charge is -2.10. The fourth-order valence-corrected chi connectivity index (χ4v) is 2.56. The Balaban J connectivity index is 1.85. The standard InChI is InChI=1S/C15H19N3O3/c1-3-20-15-11-9-10(6-7-12(11)18(2)17-15)16-14(19)13-5-4-8-21-13/h6-7,9,13H,3-5,8H2,1-2H3,(H,16,19)/t13-/m1/s1. The molecule has 2 aromatic rings. The van der Waals surface area contributed by atoms with Gasteiger partial charge in [0.15, 0.2) is 0 Å². The number of carbonyl (C=O) groups excluding carboxylic acids is 1. The van der Waals surface area contributed by atoms with Crippen LogP contribution in [0.5, 0.6) is 5.88 Å². The van der Waals surface area contributed by atoms with Crippen molar-refractivity contribution in [2.75, 3.05) is 18.5 Å². The summed E-state index contributed by atoms with van der Waals surface area (Å²) in [7, 11) is 1.87. The molecule has 0 unspecified atom stereocenters. The average Bonchev–Trinajstić information content (AvgIpc) is 3.09. The van der Waals surface area contributed by atoms with Crippen molar-refractivity contribution in [1.82, 2.24) is 9.78 Å². The van der Waals surface area contributed by atoms with Gasteiger partial charge < -0.3 is 14.8 Å². The molecule has 1 atom stereocenters. The van der Waals surface area contributed by atoms with Crippen molar-refractivity contribution in [3.05, 3.63) is 18.2 Å². The third kappa shape index (κ3) is 2.71. The number of carbonyl (C=O) groups is 1. The maximum absolute atomic E-state index is 12.1. The molecule has 2 heterocycles. The Bertz CT molecular complexity index is 659. The van der Waals surface area contributed by atoms with Gasteiger partial charge >= 0.3 is 0 Å². The van der Waals surface area contributed by atoms with Gasteiger partial charge in [-0.3, -0.25) is 9.48 Å². The predicted molar refractivity (Wildman–Crippen MR) is 79.5 cm³/mol. The molecule has 1 aliphatic rings. The molecule has 1 fully saturated rings. The van der Waals surface area contributed by atoms with Crippen LogP contribution in [0.4, 0.5) is 5.69 Å². The molecule has 0 spiro atoms. The lowest BCUT2D eigenvalue weighted by atomic mass is 10.2. The third-order valence-corrected chi connectivity index (χ3v) is 3.59. The Morgan fingerprint density at radius 2 is 2.43 bits per heavy atom. The van der Waals surface area contributed by atoms with Gasteiger partial charge in [-0.05, 0) is 38.0 Å². The van der Waals surface area contributed by atoms with E-state index in [1.54, 1.807) is 4.68 Å². The van der Waals surface area contributed by atoms with Gasteiger partial charge in [-0.2, -0.15) is 0 Å². The van der Waals surface area contributed by atoms with Gasteiger partial charge in [0.25, 0.3) is 5.91 Å². The number of hydrogen-bond donors (Lipinski definition) is 1. The summed E-state index contributed by atoms with van der Waals surface area (Å²) in [6, 6.07) is 5.68. The lowest BCUT2D eigenvalue weighted by Crippen LogP contribution is -2.26. The zero-order chi connectivity index (χ0) is 14.8. The van der Waals surface area contributed by atoms with Gasteiger partial charge in [-0.15, -0.1) is 5.10 Å². The highest BCUT2D eigenvalue weighted by atomic mass is 16.5. The summed E-state index contributed by atoms with van der Waals surface area (Å²) in [6.07, 6.45) is 1.39. The monoisotopic (exact) mass is 289 g/mol. The number of fused-ring (bicyclic) bond motifs is 1. The number of nitrogens with zero attached hydrogens (tertiary/aromatic N) is 2. The summed E-state index contributed by atoms with van der Waals surface area (Å²) in [6.45, 7) is 3.14. The van der Waals surface area contributed by atoms with Crippen molar-refractivity contribution < 1.29 is 14.3 Å². The van der Waals surface area contributed by atoms with Crippen LogP contribution in [0.2, 0.25) is 0 Å². The Morgan fingerprint density at radius 1 is 1.57 bits per heavy atom. The topological polar surface area (TPSA) is 65.4 Å².